The highest BCUT2D eigenvalue weighted by molar-refractivity contribution is 7.80. The number of hydrogen-bond acceptors (Lipinski definition) is 8. The van der Waals surface area contributed by atoms with E-state index in [4.69, 9.17) is 10.2 Å². The highest BCUT2D eigenvalue weighted by Gasteiger charge is 2.23. The van der Waals surface area contributed by atoms with Crippen LogP contribution in [0.1, 0.15) is 11.4 Å². The second kappa shape index (κ2) is 11.4. The van der Waals surface area contributed by atoms with Crippen LogP contribution in [-0.2, 0) is 36.5 Å². The summed E-state index contributed by atoms with van der Waals surface area (Å²) < 4.78 is 3.51. The number of likely N-dealkylation sites (N-methyl/N-ethyl adjacent to an activating group) is 2. The van der Waals surface area contributed by atoms with E-state index >= 15 is 0 Å². The zero-order chi connectivity index (χ0) is 23.2. The molecule has 2 atom stereocenters. The summed E-state index contributed by atoms with van der Waals surface area (Å²) in [6.07, 6.45) is 3.99. The Balaban J connectivity index is 0.000000300. The maximum Gasteiger partial charge on any atom is 0.321 e. The lowest BCUT2D eigenvalue weighted by molar-refractivity contribution is -0.143. The molecule has 0 aliphatic rings. The third kappa shape index (κ3) is 7.04. The van der Waals surface area contributed by atoms with Crippen LogP contribution in [0.5, 0.6) is 0 Å². The van der Waals surface area contributed by atoms with Gasteiger partial charge >= 0.3 is 11.9 Å². The zero-order valence-electron chi connectivity index (χ0n) is 18.0. The molecule has 0 aliphatic carbocycles. The largest absolute Gasteiger partial charge is 0.480 e. The van der Waals surface area contributed by atoms with Crippen LogP contribution in [0.3, 0.4) is 0 Å². The van der Waals surface area contributed by atoms with Gasteiger partial charge in [0.2, 0.25) is 0 Å². The average Bonchev–Trinajstić information content (AvgIpc) is 3.13. The minimum absolute atomic E-state index is 0.363. The Kier molecular flexibility index (Phi) is 9.88. The number of carboxylic acid groups (broad SMARTS) is 2. The number of hydrogen-bond donors (Lipinski definition) is 4. The monoisotopic (exact) mass is 458 g/mol. The normalized spacial score (nSPS) is 13.1. The number of carboxylic acids is 2. The van der Waals surface area contributed by atoms with E-state index in [9.17, 15) is 9.59 Å². The third-order valence-electron chi connectivity index (χ3n) is 4.55. The molecule has 0 amide bonds. The standard InChI is InChI=1S/2C9H15N3O2S/c2*1-11(2)7(9(13)14)4-6-8(15)12(3)5-10-6/h2*5,7,15H,4H2,1-3H3,(H,13,14). The Morgan fingerprint density at radius 1 is 0.867 bits per heavy atom. The Hall–Kier alpha value is -2.02. The number of imidazole rings is 2. The van der Waals surface area contributed by atoms with Crippen molar-refractivity contribution < 1.29 is 19.8 Å². The number of thiol groups is 2. The van der Waals surface area contributed by atoms with Crippen LogP contribution in [-0.4, -0.2) is 91.3 Å². The summed E-state index contributed by atoms with van der Waals surface area (Å²) in [7, 11) is 10.6. The van der Waals surface area contributed by atoms with E-state index in [2.05, 4.69) is 35.2 Å². The SMILES string of the molecule is CN(C)C(Cc1ncn(C)c1S)C(=O)O.CN(C)C(Cc1ncn(C)c1S)C(=O)O. The fourth-order valence-electron chi connectivity index (χ4n) is 2.58. The van der Waals surface area contributed by atoms with Crippen LogP contribution >= 0.6 is 25.3 Å². The number of rotatable bonds is 8. The molecule has 168 valence electrons. The lowest BCUT2D eigenvalue weighted by Gasteiger charge is -2.19. The van der Waals surface area contributed by atoms with E-state index in [1.807, 2.05) is 14.1 Å². The number of carbonyl (C=O) groups is 2. The molecule has 0 saturated carbocycles. The summed E-state index contributed by atoms with van der Waals surface area (Å²) in [6, 6.07) is -1.13. The summed E-state index contributed by atoms with van der Waals surface area (Å²) in [6.45, 7) is 0. The Morgan fingerprint density at radius 2 is 1.17 bits per heavy atom. The fraction of sp³-hybridized carbons (Fsp3) is 0.556. The summed E-state index contributed by atoms with van der Waals surface area (Å²) in [5.74, 6) is -1.70. The predicted octanol–water partition coefficient (Wildman–Crippen LogP) is 0.532. The maximum atomic E-state index is 11.0. The van der Waals surface area contributed by atoms with E-state index in [1.165, 1.54) is 0 Å². The molecule has 10 nitrogen and oxygen atoms in total. The smallest absolute Gasteiger partial charge is 0.321 e. The van der Waals surface area contributed by atoms with Gasteiger partial charge in [0.15, 0.2) is 0 Å². The Bertz CT molecular complexity index is 795. The van der Waals surface area contributed by atoms with Crippen LogP contribution in [0.15, 0.2) is 22.7 Å². The molecule has 2 N–H and O–H groups in total. The van der Waals surface area contributed by atoms with E-state index < -0.39 is 24.0 Å². The van der Waals surface area contributed by atoms with E-state index in [-0.39, 0.29) is 0 Å². The van der Waals surface area contributed by atoms with Gasteiger partial charge in [0.25, 0.3) is 0 Å². The molecule has 0 bridgehead atoms. The number of aryl methyl sites for hydroxylation is 2. The number of aromatic nitrogens is 4. The Labute approximate surface area is 187 Å². The molecular weight excluding hydrogens is 428 g/mol. The predicted molar refractivity (Wildman–Crippen MR) is 119 cm³/mol. The average molecular weight is 459 g/mol. The van der Waals surface area contributed by atoms with Crippen molar-refractivity contribution in [2.75, 3.05) is 28.2 Å². The highest BCUT2D eigenvalue weighted by atomic mass is 32.1. The lowest BCUT2D eigenvalue weighted by atomic mass is 10.1. The van der Waals surface area contributed by atoms with Crippen molar-refractivity contribution in [1.82, 2.24) is 28.9 Å². The van der Waals surface area contributed by atoms with Crippen molar-refractivity contribution in [3.8, 4) is 0 Å². The number of nitrogens with zero attached hydrogens (tertiary/aromatic N) is 6. The molecule has 0 radical (unpaired) electrons. The van der Waals surface area contributed by atoms with Crippen LogP contribution < -0.4 is 0 Å². The molecule has 2 aromatic rings. The molecule has 2 rings (SSSR count). The first-order valence-corrected chi connectivity index (χ1v) is 9.92. The van der Waals surface area contributed by atoms with Crippen molar-refractivity contribution in [2.24, 2.45) is 14.1 Å². The molecule has 0 saturated heterocycles. The third-order valence-corrected chi connectivity index (χ3v) is 5.70. The van der Waals surface area contributed by atoms with Crippen molar-refractivity contribution in [3.63, 3.8) is 0 Å². The molecule has 0 spiro atoms. The number of aliphatic carboxylic acids is 2. The molecule has 0 fully saturated rings. The quantitative estimate of drug-likeness (QED) is 0.424. The summed E-state index contributed by atoms with van der Waals surface area (Å²) in [5.41, 5.74) is 1.42. The van der Waals surface area contributed by atoms with Gasteiger partial charge in [0.1, 0.15) is 12.1 Å². The fourth-order valence-corrected chi connectivity index (χ4v) is 2.98. The van der Waals surface area contributed by atoms with Gasteiger partial charge in [0, 0.05) is 26.9 Å². The zero-order valence-corrected chi connectivity index (χ0v) is 19.8. The van der Waals surface area contributed by atoms with Gasteiger partial charge < -0.3 is 19.3 Å². The van der Waals surface area contributed by atoms with Gasteiger partial charge in [-0.3, -0.25) is 19.4 Å². The van der Waals surface area contributed by atoms with Gasteiger partial charge in [-0.2, -0.15) is 0 Å². The molecule has 2 heterocycles. The van der Waals surface area contributed by atoms with E-state index in [0.29, 0.717) is 34.3 Å². The van der Waals surface area contributed by atoms with Crippen LogP contribution in [0.4, 0.5) is 0 Å². The Morgan fingerprint density at radius 3 is 1.33 bits per heavy atom. The molecule has 2 unspecified atom stereocenters. The summed E-state index contributed by atoms with van der Waals surface area (Å²) in [4.78, 5) is 33.5. The van der Waals surface area contributed by atoms with E-state index in [1.54, 1.807) is 59.8 Å². The van der Waals surface area contributed by atoms with Crippen LogP contribution in [0, 0.1) is 0 Å². The molecule has 0 aromatic carbocycles. The van der Waals surface area contributed by atoms with Gasteiger partial charge in [-0.25, -0.2) is 9.97 Å². The van der Waals surface area contributed by atoms with Gasteiger partial charge in [-0.05, 0) is 28.2 Å². The highest BCUT2D eigenvalue weighted by Crippen LogP contribution is 2.15. The molecule has 30 heavy (non-hydrogen) atoms. The van der Waals surface area contributed by atoms with Crippen molar-refractivity contribution in [3.05, 3.63) is 24.0 Å². The van der Waals surface area contributed by atoms with Crippen molar-refractivity contribution in [1.29, 1.82) is 0 Å². The minimum atomic E-state index is -0.849. The van der Waals surface area contributed by atoms with Crippen LogP contribution in [0.25, 0.3) is 0 Å². The van der Waals surface area contributed by atoms with E-state index in [0.717, 1.165) is 0 Å². The van der Waals surface area contributed by atoms with Crippen molar-refractivity contribution >= 4 is 37.2 Å². The first-order chi connectivity index (χ1) is 13.9. The molecule has 12 heteroatoms. The van der Waals surface area contributed by atoms with Crippen LogP contribution in [0.2, 0.25) is 0 Å². The topological polar surface area (TPSA) is 117 Å². The summed E-state index contributed by atoms with van der Waals surface area (Å²) in [5, 5.41) is 19.4. The molecular formula is C18H30N6O4S2. The molecule has 0 aliphatic heterocycles. The summed E-state index contributed by atoms with van der Waals surface area (Å²) >= 11 is 8.53. The molecule has 2 aromatic heterocycles. The van der Waals surface area contributed by atoms with Gasteiger partial charge in [-0.15, -0.1) is 25.3 Å². The van der Waals surface area contributed by atoms with Gasteiger partial charge in [0.05, 0.1) is 34.1 Å². The minimum Gasteiger partial charge on any atom is -0.480 e. The van der Waals surface area contributed by atoms with Crippen molar-refractivity contribution in [2.45, 2.75) is 35.0 Å². The first kappa shape index (κ1) is 26.0. The lowest BCUT2D eigenvalue weighted by Crippen LogP contribution is -2.37. The second-order valence-corrected chi connectivity index (χ2v) is 8.14. The first-order valence-electron chi connectivity index (χ1n) is 9.03. The maximum absolute atomic E-state index is 11.0. The second-order valence-electron chi connectivity index (χ2n) is 7.30. The van der Waals surface area contributed by atoms with Gasteiger partial charge in [-0.1, -0.05) is 0 Å².